The Bertz CT molecular complexity index is 1050. The lowest BCUT2D eigenvalue weighted by Gasteiger charge is -2.13. The Balaban J connectivity index is 1.64. The summed E-state index contributed by atoms with van der Waals surface area (Å²) in [6, 6.07) is 3.27. The van der Waals surface area contributed by atoms with Crippen molar-refractivity contribution in [3.63, 3.8) is 0 Å². The van der Waals surface area contributed by atoms with Crippen LogP contribution in [0.25, 0.3) is 5.57 Å². The van der Waals surface area contributed by atoms with E-state index in [1.165, 1.54) is 32.7 Å². The highest BCUT2D eigenvalue weighted by Gasteiger charge is 2.22. The van der Waals surface area contributed by atoms with Gasteiger partial charge in [0.05, 0.1) is 27.0 Å². The third-order valence-corrected chi connectivity index (χ3v) is 5.50. The van der Waals surface area contributed by atoms with E-state index in [-0.39, 0.29) is 5.78 Å². The monoisotopic (exact) mass is 394 g/mol. The van der Waals surface area contributed by atoms with Gasteiger partial charge in [0.2, 0.25) is 11.5 Å². The van der Waals surface area contributed by atoms with Crippen LogP contribution in [0, 0.1) is 0 Å². The number of rotatable bonds is 6. The Morgan fingerprint density at radius 3 is 2.50 bits per heavy atom. The van der Waals surface area contributed by atoms with Crippen LogP contribution >= 0.6 is 11.3 Å². The van der Waals surface area contributed by atoms with E-state index in [0.29, 0.717) is 34.9 Å². The number of allylic oxidation sites excluding steroid dienone is 5. The van der Waals surface area contributed by atoms with Crippen molar-refractivity contribution < 1.29 is 19.0 Å². The lowest BCUT2D eigenvalue weighted by molar-refractivity contribution is 0.103. The first kappa shape index (κ1) is 18.2. The Hall–Kier alpha value is -3.19. The van der Waals surface area contributed by atoms with E-state index in [1.54, 1.807) is 23.7 Å². The predicted octanol–water partition coefficient (Wildman–Crippen LogP) is 4.08. The summed E-state index contributed by atoms with van der Waals surface area (Å²) in [4.78, 5) is 21.9. The van der Waals surface area contributed by atoms with Crippen LogP contribution < -0.4 is 14.2 Å². The quantitative estimate of drug-likeness (QED) is 0.691. The lowest BCUT2D eigenvalue weighted by Crippen LogP contribution is -2.06. The van der Waals surface area contributed by atoms with Crippen molar-refractivity contribution >= 4 is 28.4 Å². The second kappa shape index (κ2) is 7.44. The molecule has 0 spiro atoms. The van der Waals surface area contributed by atoms with Gasteiger partial charge in [-0.3, -0.25) is 9.79 Å². The molecule has 0 saturated heterocycles. The van der Waals surface area contributed by atoms with Crippen molar-refractivity contribution in [1.82, 2.24) is 4.98 Å². The molecule has 1 aliphatic carbocycles. The van der Waals surface area contributed by atoms with Gasteiger partial charge in [-0.25, -0.2) is 4.98 Å². The SMILES string of the molecule is COc1cc(C(=O)c2csc(C3=CC=C4C=CN=C4C3)n2)cc(OC)c1OC. The Morgan fingerprint density at radius 2 is 1.82 bits per heavy atom. The van der Waals surface area contributed by atoms with Crippen LogP contribution in [0.5, 0.6) is 17.2 Å². The van der Waals surface area contributed by atoms with E-state index in [0.717, 1.165) is 21.9 Å². The fraction of sp³-hybridized carbons (Fsp3) is 0.190. The zero-order valence-electron chi connectivity index (χ0n) is 15.7. The van der Waals surface area contributed by atoms with Crippen molar-refractivity contribution in [3.8, 4) is 17.2 Å². The summed E-state index contributed by atoms with van der Waals surface area (Å²) in [5, 5.41) is 2.59. The first-order valence-electron chi connectivity index (χ1n) is 8.59. The molecule has 0 fully saturated rings. The van der Waals surface area contributed by atoms with Gasteiger partial charge in [0, 0.05) is 23.6 Å². The van der Waals surface area contributed by atoms with Crippen LogP contribution in [-0.4, -0.2) is 37.8 Å². The first-order valence-corrected chi connectivity index (χ1v) is 9.47. The van der Waals surface area contributed by atoms with Crippen molar-refractivity contribution in [2.24, 2.45) is 4.99 Å². The molecule has 6 nitrogen and oxygen atoms in total. The van der Waals surface area contributed by atoms with E-state index in [1.807, 2.05) is 18.2 Å². The summed E-state index contributed by atoms with van der Waals surface area (Å²) >= 11 is 1.45. The van der Waals surface area contributed by atoms with Gasteiger partial charge in [-0.1, -0.05) is 12.2 Å². The fourth-order valence-electron chi connectivity index (χ4n) is 3.14. The van der Waals surface area contributed by atoms with Gasteiger partial charge >= 0.3 is 0 Å². The summed E-state index contributed by atoms with van der Waals surface area (Å²) in [6.45, 7) is 0. The van der Waals surface area contributed by atoms with Gasteiger partial charge in [-0.05, 0) is 29.4 Å². The first-order chi connectivity index (χ1) is 13.6. The molecular weight excluding hydrogens is 376 g/mol. The maximum atomic E-state index is 13.0. The predicted molar refractivity (Wildman–Crippen MR) is 109 cm³/mol. The standard InChI is InChI=1S/C21H18N2O4S/c1-25-17-9-14(10-18(26-2)20(17)27-3)19(24)16-11-28-21(23-16)13-5-4-12-6-7-22-15(12)8-13/h4-7,9-11H,8H2,1-3H3. The van der Waals surface area contributed by atoms with E-state index in [4.69, 9.17) is 14.2 Å². The molecule has 0 atom stereocenters. The number of fused-ring (bicyclic) bond motifs is 1. The number of hydrogen-bond donors (Lipinski definition) is 0. The molecular formula is C21H18N2O4S. The zero-order chi connectivity index (χ0) is 19.7. The van der Waals surface area contributed by atoms with Crippen molar-refractivity contribution in [1.29, 1.82) is 0 Å². The molecule has 7 heteroatoms. The molecule has 2 aromatic rings. The van der Waals surface area contributed by atoms with Crippen LogP contribution in [0.15, 0.2) is 52.5 Å². The average molecular weight is 394 g/mol. The van der Waals surface area contributed by atoms with E-state index < -0.39 is 0 Å². The van der Waals surface area contributed by atoms with Gasteiger partial charge in [-0.2, -0.15) is 0 Å². The number of hydrogen-bond acceptors (Lipinski definition) is 7. The zero-order valence-corrected chi connectivity index (χ0v) is 16.5. The second-order valence-electron chi connectivity index (χ2n) is 6.16. The van der Waals surface area contributed by atoms with Crippen molar-refractivity contribution in [3.05, 3.63) is 63.8 Å². The van der Waals surface area contributed by atoms with E-state index in [9.17, 15) is 4.79 Å². The molecule has 0 saturated carbocycles. The Kier molecular flexibility index (Phi) is 4.83. The topological polar surface area (TPSA) is 70.0 Å². The number of ether oxygens (including phenoxy) is 3. The minimum absolute atomic E-state index is 0.200. The number of benzene rings is 1. The van der Waals surface area contributed by atoms with Crippen molar-refractivity contribution in [2.45, 2.75) is 6.42 Å². The molecule has 1 aromatic heterocycles. The normalized spacial score (nSPS) is 14.8. The average Bonchev–Trinajstić information content (AvgIpc) is 3.40. The minimum Gasteiger partial charge on any atom is -0.493 e. The molecule has 142 valence electrons. The Labute approximate surface area is 166 Å². The minimum atomic E-state index is -0.200. The van der Waals surface area contributed by atoms with E-state index >= 15 is 0 Å². The maximum Gasteiger partial charge on any atom is 0.212 e. The van der Waals surface area contributed by atoms with Gasteiger partial charge in [-0.15, -0.1) is 11.3 Å². The maximum absolute atomic E-state index is 13.0. The molecule has 1 aliphatic heterocycles. The van der Waals surface area contributed by atoms with Crippen LogP contribution in [0.4, 0.5) is 0 Å². The molecule has 0 amide bonds. The van der Waals surface area contributed by atoms with Gasteiger partial charge in [0.1, 0.15) is 10.7 Å². The van der Waals surface area contributed by atoms with Crippen LogP contribution in [-0.2, 0) is 0 Å². The summed E-state index contributed by atoms with van der Waals surface area (Å²) in [5.41, 5.74) is 4.03. The van der Waals surface area contributed by atoms with Crippen LogP contribution in [0.2, 0.25) is 0 Å². The van der Waals surface area contributed by atoms with Crippen LogP contribution in [0.3, 0.4) is 0 Å². The summed E-state index contributed by atoms with van der Waals surface area (Å²) in [6.07, 6.45) is 8.58. The smallest absolute Gasteiger partial charge is 0.212 e. The summed E-state index contributed by atoms with van der Waals surface area (Å²) in [7, 11) is 4.56. The molecule has 2 aliphatic rings. The summed E-state index contributed by atoms with van der Waals surface area (Å²) < 4.78 is 16.0. The number of aromatic nitrogens is 1. The largest absolute Gasteiger partial charge is 0.493 e. The summed E-state index contributed by atoms with van der Waals surface area (Å²) in [5.74, 6) is 1.11. The number of aliphatic imine (C=N–C) groups is 1. The molecule has 28 heavy (non-hydrogen) atoms. The number of ketones is 1. The van der Waals surface area contributed by atoms with Gasteiger partial charge in [0.25, 0.3) is 0 Å². The van der Waals surface area contributed by atoms with Gasteiger partial charge in [0.15, 0.2) is 11.5 Å². The van der Waals surface area contributed by atoms with Crippen LogP contribution in [0.1, 0.15) is 27.5 Å². The highest BCUT2D eigenvalue weighted by Crippen LogP contribution is 2.39. The number of methoxy groups -OCH3 is 3. The fourth-order valence-corrected chi connectivity index (χ4v) is 3.97. The molecule has 4 rings (SSSR count). The highest BCUT2D eigenvalue weighted by atomic mass is 32.1. The number of carbonyl (C=O) groups is 1. The lowest BCUT2D eigenvalue weighted by atomic mass is 9.97. The third-order valence-electron chi connectivity index (χ3n) is 4.58. The van der Waals surface area contributed by atoms with Gasteiger partial charge < -0.3 is 14.2 Å². The number of nitrogens with zero attached hydrogens (tertiary/aromatic N) is 2. The third kappa shape index (κ3) is 3.14. The number of carbonyl (C=O) groups excluding carboxylic acids is 1. The Morgan fingerprint density at radius 1 is 1.07 bits per heavy atom. The number of thiazole rings is 1. The van der Waals surface area contributed by atoms with E-state index in [2.05, 4.69) is 9.98 Å². The molecule has 0 bridgehead atoms. The molecule has 1 aromatic carbocycles. The van der Waals surface area contributed by atoms with Crippen molar-refractivity contribution in [2.75, 3.05) is 21.3 Å². The molecule has 0 unspecified atom stereocenters. The molecule has 2 heterocycles. The molecule has 0 radical (unpaired) electrons. The highest BCUT2D eigenvalue weighted by molar-refractivity contribution is 7.11. The molecule has 0 N–H and O–H groups in total. The second-order valence-corrected chi connectivity index (χ2v) is 7.02.